The summed E-state index contributed by atoms with van der Waals surface area (Å²) in [6, 6.07) is 2.88. The molecule has 3 amide bonds. The first kappa shape index (κ1) is 19.5. The van der Waals surface area contributed by atoms with E-state index in [4.69, 9.17) is 21.1 Å². The first-order valence-corrected chi connectivity index (χ1v) is 9.59. The van der Waals surface area contributed by atoms with E-state index in [0.29, 0.717) is 41.5 Å². The summed E-state index contributed by atoms with van der Waals surface area (Å²) < 4.78 is 11.0. The molecule has 146 valence electrons. The van der Waals surface area contributed by atoms with Gasteiger partial charge in [0, 0.05) is 0 Å². The zero-order valence-corrected chi connectivity index (χ0v) is 16.3. The van der Waals surface area contributed by atoms with Gasteiger partial charge in [-0.2, -0.15) is 5.10 Å². The molecule has 1 saturated carbocycles. The minimum atomic E-state index is -0.792. The van der Waals surface area contributed by atoms with Crippen molar-refractivity contribution >= 4 is 29.8 Å². The Morgan fingerprint density at radius 1 is 1.30 bits per heavy atom. The molecule has 2 fully saturated rings. The molecule has 1 aliphatic carbocycles. The summed E-state index contributed by atoms with van der Waals surface area (Å²) in [7, 11) is 1.52. The van der Waals surface area contributed by atoms with Gasteiger partial charge in [0.1, 0.15) is 5.54 Å². The summed E-state index contributed by atoms with van der Waals surface area (Å²) in [5.74, 6) is 0.650. The highest BCUT2D eigenvalue weighted by Crippen LogP contribution is 2.37. The number of benzene rings is 1. The Morgan fingerprint density at radius 3 is 2.70 bits per heavy atom. The van der Waals surface area contributed by atoms with Crippen molar-refractivity contribution in [2.45, 2.75) is 51.0 Å². The van der Waals surface area contributed by atoms with Crippen molar-refractivity contribution in [2.24, 2.45) is 5.10 Å². The van der Waals surface area contributed by atoms with Crippen molar-refractivity contribution in [3.63, 3.8) is 0 Å². The number of urea groups is 1. The van der Waals surface area contributed by atoms with Crippen LogP contribution in [0.15, 0.2) is 17.2 Å². The Labute approximate surface area is 163 Å². The number of hydrogen-bond donors (Lipinski definition) is 1. The van der Waals surface area contributed by atoms with E-state index in [9.17, 15) is 9.59 Å². The molecule has 7 nitrogen and oxygen atoms in total. The number of nitrogens with zero attached hydrogens (tertiary/aromatic N) is 2. The molecule has 1 saturated heterocycles. The molecule has 27 heavy (non-hydrogen) atoms. The number of nitrogens with one attached hydrogen (secondary N) is 1. The highest BCUT2D eigenvalue weighted by molar-refractivity contribution is 6.32. The maximum absolute atomic E-state index is 12.7. The number of hydrazone groups is 1. The Hall–Kier alpha value is -2.28. The zero-order valence-electron chi connectivity index (χ0n) is 15.6. The van der Waals surface area contributed by atoms with Crippen molar-refractivity contribution in [3.05, 3.63) is 22.7 Å². The summed E-state index contributed by atoms with van der Waals surface area (Å²) in [6.45, 7) is 2.52. The van der Waals surface area contributed by atoms with Crippen LogP contribution in [0.5, 0.6) is 11.5 Å². The lowest BCUT2D eigenvalue weighted by Gasteiger charge is -2.29. The summed E-state index contributed by atoms with van der Waals surface area (Å²) in [5.41, 5.74) is -0.189. The number of carbonyl (C=O) groups is 2. The van der Waals surface area contributed by atoms with Gasteiger partial charge in [0.2, 0.25) is 0 Å². The van der Waals surface area contributed by atoms with Crippen LogP contribution in [0.4, 0.5) is 4.79 Å². The summed E-state index contributed by atoms with van der Waals surface area (Å²) in [5, 5.41) is 8.22. The molecule has 1 spiro atoms. The van der Waals surface area contributed by atoms with Crippen molar-refractivity contribution in [1.82, 2.24) is 10.3 Å². The fourth-order valence-corrected chi connectivity index (χ4v) is 3.76. The van der Waals surface area contributed by atoms with Crippen LogP contribution in [0.1, 0.15) is 51.0 Å². The lowest BCUT2D eigenvalue weighted by molar-refractivity contribution is -0.132. The van der Waals surface area contributed by atoms with Gasteiger partial charge in [-0.3, -0.25) is 4.79 Å². The molecule has 2 aliphatic rings. The molecule has 1 aliphatic heterocycles. The minimum Gasteiger partial charge on any atom is -0.493 e. The van der Waals surface area contributed by atoms with Gasteiger partial charge in [0.15, 0.2) is 11.5 Å². The van der Waals surface area contributed by atoms with Crippen LogP contribution in [-0.2, 0) is 4.79 Å². The summed E-state index contributed by atoms with van der Waals surface area (Å²) in [4.78, 5) is 25.0. The monoisotopic (exact) mass is 393 g/mol. The number of carbonyl (C=O) groups excluding carboxylic acids is 2. The number of hydrogen-bond acceptors (Lipinski definition) is 5. The molecule has 0 bridgehead atoms. The second-order valence-corrected chi connectivity index (χ2v) is 7.22. The van der Waals surface area contributed by atoms with Crippen LogP contribution < -0.4 is 14.8 Å². The van der Waals surface area contributed by atoms with Crippen molar-refractivity contribution in [3.8, 4) is 11.5 Å². The van der Waals surface area contributed by atoms with Gasteiger partial charge in [0.25, 0.3) is 5.91 Å². The highest BCUT2D eigenvalue weighted by atomic mass is 35.5. The van der Waals surface area contributed by atoms with Crippen LogP contribution in [-0.4, -0.2) is 42.4 Å². The Balaban J connectivity index is 1.80. The Morgan fingerprint density at radius 2 is 2.04 bits per heavy atom. The number of methoxy groups -OCH3 is 1. The summed E-state index contributed by atoms with van der Waals surface area (Å²) >= 11 is 6.29. The number of ether oxygens (including phenoxy) is 2. The predicted molar refractivity (Wildman–Crippen MR) is 103 cm³/mol. The Bertz CT molecular complexity index is 760. The zero-order chi connectivity index (χ0) is 19.4. The molecular formula is C19H24ClN3O4. The van der Waals surface area contributed by atoms with Crippen LogP contribution >= 0.6 is 11.6 Å². The number of rotatable bonds is 6. The van der Waals surface area contributed by atoms with Gasteiger partial charge in [0.05, 0.1) is 25.0 Å². The second-order valence-electron chi connectivity index (χ2n) is 6.82. The first-order valence-electron chi connectivity index (χ1n) is 9.22. The third-order valence-electron chi connectivity index (χ3n) is 4.87. The molecule has 0 unspecified atom stereocenters. The van der Waals surface area contributed by atoms with E-state index in [-0.39, 0.29) is 5.91 Å². The van der Waals surface area contributed by atoms with Gasteiger partial charge in [-0.15, -0.1) is 5.01 Å². The van der Waals surface area contributed by atoms with Gasteiger partial charge < -0.3 is 14.8 Å². The van der Waals surface area contributed by atoms with Crippen LogP contribution in [0.2, 0.25) is 5.02 Å². The van der Waals surface area contributed by atoms with Gasteiger partial charge in [-0.25, -0.2) is 4.79 Å². The SMILES string of the molecule is CCCOc1c(Cl)cc(/C=N\N2C(=O)NC3(CCCCC3)C2=O)cc1OC. The summed E-state index contributed by atoms with van der Waals surface area (Å²) in [6.07, 6.45) is 6.53. The van der Waals surface area contributed by atoms with Crippen LogP contribution in [0.25, 0.3) is 0 Å². The number of amides is 3. The molecule has 1 aromatic carbocycles. The third-order valence-corrected chi connectivity index (χ3v) is 5.15. The Kier molecular flexibility index (Phi) is 5.89. The minimum absolute atomic E-state index is 0.288. The first-order chi connectivity index (χ1) is 13.0. The van der Waals surface area contributed by atoms with E-state index in [1.165, 1.54) is 13.3 Å². The molecular weight excluding hydrogens is 370 g/mol. The normalized spacial score (nSPS) is 19.0. The number of imide groups is 1. The van der Waals surface area contributed by atoms with Crippen molar-refractivity contribution in [2.75, 3.05) is 13.7 Å². The predicted octanol–water partition coefficient (Wildman–Crippen LogP) is 3.73. The van der Waals surface area contributed by atoms with E-state index in [1.807, 2.05) is 6.92 Å². The van der Waals surface area contributed by atoms with Crippen molar-refractivity contribution in [1.29, 1.82) is 0 Å². The maximum Gasteiger partial charge on any atom is 0.346 e. The van der Waals surface area contributed by atoms with E-state index < -0.39 is 11.6 Å². The topological polar surface area (TPSA) is 80.2 Å². The maximum atomic E-state index is 12.7. The average molecular weight is 394 g/mol. The molecule has 1 heterocycles. The molecule has 1 N–H and O–H groups in total. The molecule has 1 aromatic rings. The van der Waals surface area contributed by atoms with E-state index in [0.717, 1.165) is 30.7 Å². The quantitative estimate of drug-likeness (QED) is 0.590. The van der Waals surface area contributed by atoms with Crippen LogP contribution in [0, 0.1) is 0 Å². The fourth-order valence-electron chi connectivity index (χ4n) is 3.49. The largest absolute Gasteiger partial charge is 0.493 e. The van der Waals surface area contributed by atoms with E-state index >= 15 is 0 Å². The van der Waals surface area contributed by atoms with Gasteiger partial charge in [-0.05, 0) is 37.0 Å². The standard InChI is InChI=1S/C19H24ClN3O4/c1-3-9-27-16-14(20)10-13(11-15(16)26-2)12-21-23-17(24)19(22-18(23)25)7-5-4-6-8-19/h10-12H,3-9H2,1-2H3,(H,22,25)/b21-12-. The third kappa shape index (κ3) is 3.88. The second kappa shape index (κ2) is 8.17. The highest BCUT2D eigenvalue weighted by Gasteiger charge is 2.51. The van der Waals surface area contributed by atoms with Crippen LogP contribution in [0.3, 0.4) is 0 Å². The van der Waals surface area contributed by atoms with Gasteiger partial charge in [-0.1, -0.05) is 37.8 Å². The average Bonchev–Trinajstić information content (AvgIpc) is 2.88. The molecule has 0 aromatic heterocycles. The van der Waals surface area contributed by atoms with Gasteiger partial charge >= 0.3 is 6.03 Å². The molecule has 0 radical (unpaired) electrons. The lowest BCUT2D eigenvalue weighted by Crippen LogP contribution is -2.48. The fraction of sp³-hybridized carbons (Fsp3) is 0.526. The van der Waals surface area contributed by atoms with Crippen molar-refractivity contribution < 1.29 is 19.1 Å². The number of halogens is 1. The smallest absolute Gasteiger partial charge is 0.346 e. The molecule has 3 rings (SSSR count). The molecule has 8 heteroatoms. The molecule has 0 atom stereocenters. The van der Waals surface area contributed by atoms with E-state index in [2.05, 4.69) is 10.4 Å². The lowest BCUT2D eigenvalue weighted by atomic mass is 9.82. The van der Waals surface area contributed by atoms with E-state index in [1.54, 1.807) is 12.1 Å².